The van der Waals surface area contributed by atoms with Gasteiger partial charge in [-0.15, -0.1) is 10.2 Å². The molecule has 0 aliphatic carbocycles. The van der Waals surface area contributed by atoms with Gasteiger partial charge in [-0.2, -0.15) is 21.4 Å². The van der Waals surface area contributed by atoms with Gasteiger partial charge in [0.1, 0.15) is 5.01 Å². The number of benzene rings is 1. The minimum absolute atomic E-state index is 0.572. The molecule has 0 amide bonds. The lowest BCUT2D eigenvalue weighted by Gasteiger charge is -2.12. The van der Waals surface area contributed by atoms with Gasteiger partial charge in [-0.3, -0.25) is 0 Å². The van der Waals surface area contributed by atoms with E-state index < -0.39 is 0 Å². The van der Waals surface area contributed by atoms with Gasteiger partial charge in [0.2, 0.25) is 4.96 Å². The zero-order valence-electron chi connectivity index (χ0n) is 13.1. The molecule has 0 saturated heterocycles. The Morgan fingerprint density at radius 1 is 1.27 bits per heavy atom. The first-order chi connectivity index (χ1) is 10.5. The van der Waals surface area contributed by atoms with Crippen LogP contribution in [0.4, 0.5) is 5.69 Å². The SMILES string of the molecule is CC(C)SCc1nnc2sc(-c3cccc(N(C)C)c3)nn12. The van der Waals surface area contributed by atoms with Crippen LogP contribution in [-0.4, -0.2) is 39.2 Å². The van der Waals surface area contributed by atoms with Crippen molar-refractivity contribution in [1.82, 2.24) is 19.8 Å². The quantitative estimate of drug-likeness (QED) is 0.714. The highest BCUT2D eigenvalue weighted by atomic mass is 32.2. The molecule has 0 aliphatic rings. The zero-order valence-corrected chi connectivity index (χ0v) is 14.8. The molecule has 2 heterocycles. The molecule has 3 aromatic rings. The highest BCUT2D eigenvalue weighted by Gasteiger charge is 2.13. The monoisotopic (exact) mass is 333 g/mol. The number of aromatic nitrogens is 4. The first kappa shape index (κ1) is 15.3. The van der Waals surface area contributed by atoms with E-state index >= 15 is 0 Å². The molecule has 1 aromatic carbocycles. The van der Waals surface area contributed by atoms with E-state index in [1.807, 2.05) is 30.4 Å². The van der Waals surface area contributed by atoms with Crippen molar-refractivity contribution in [2.24, 2.45) is 0 Å². The van der Waals surface area contributed by atoms with E-state index in [1.165, 1.54) is 5.69 Å². The molecule has 0 aliphatic heterocycles. The molecule has 22 heavy (non-hydrogen) atoms. The normalized spacial score (nSPS) is 11.5. The maximum absolute atomic E-state index is 4.70. The van der Waals surface area contributed by atoms with E-state index in [0.717, 1.165) is 27.1 Å². The van der Waals surface area contributed by atoms with Crippen LogP contribution in [0.15, 0.2) is 24.3 Å². The summed E-state index contributed by atoms with van der Waals surface area (Å²) < 4.78 is 1.87. The molecule has 0 saturated carbocycles. The summed E-state index contributed by atoms with van der Waals surface area (Å²) in [5, 5.41) is 14.7. The maximum atomic E-state index is 4.70. The summed E-state index contributed by atoms with van der Waals surface area (Å²) in [6.45, 7) is 4.37. The summed E-state index contributed by atoms with van der Waals surface area (Å²) in [5.74, 6) is 1.75. The van der Waals surface area contributed by atoms with Crippen molar-refractivity contribution in [1.29, 1.82) is 0 Å². The van der Waals surface area contributed by atoms with Crippen molar-refractivity contribution in [2.75, 3.05) is 19.0 Å². The van der Waals surface area contributed by atoms with Crippen LogP contribution in [0.1, 0.15) is 19.7 Å². The fourth-order valence-electron chi connectivity index (χ4n) is 2.02. The molecule has 0 atom stereocenters. The van der Waals surface area contributed by atoms with Crippen molar-refractivity contribution >= 4 is 33.7 Å². The number of fused-ring (bicyclic) bond motifs is 1. The minimum Gasteiger partial charge on any atom is -0.378 e. The van der Waals surface area contributed by atoms with E-state index in [4.69, 9.17) is 5.10 Å². The van der Waals surface area contributed by atoms with Gasteiger partial charge < -0.3 is 4.90 Å². The van der Waals surface area contributed by atoms with Crippen LogP contribution in [0.5, 0.6) is 0 Å². The minimum atomic E-state index is 0.572. The standard InChI is InChI=1S/C15H19N5S2/c1-10(2)21-9-13-16-17-15-20(13)18-14(22-15)11-6-5-7-12(8-11)19(3)4/h5-8,10H,9H2,1-4H3. The van der Waals surface area contributed by atoms with Gasteiger partial charge in [0.25, 0.3) is 0 Å². The van der Waals surface area contributed by atoms with E-state index in [9.17, 15) is 0 Å². The second-order valence-corrected chi connectivity index (χ2v) is 8.04. The summed E-state index contributed by atoms with van der Waals surface area (Å²) in [5.41, 5.74) is 2.28. The Kier molecular flexibility index (Phi) is 4.35. The van der Waals surface area contributed by atoms with Gasteiger partial charge >= 0.3 is 0 Å². The second kappa shape index (κ2) is 6.26. The molecule has 2 aromatic heterocycles. The molecular weight excluding hydrogens is 314 g/mol. The second-order valence-electron chi connectivity index (χ2n) is 5.52. The average Bonchev–Trinajstić information content (AvgIpc) is 3.05. The van der Waals surface area contributed by atoms with E-state index in [2.05, 4.69) is 53.2 Å². The zero-order chi connectivity index (χ0) is 15.7. The Bertz CT molecular complexity index is 775. The third-order valence-electron chi connectivity index (χ3n) is 3.21. The number of hydrogen-bond donors (Lipinski definition) is 0. The lowest BCUT2D eigenvalue weighted by atomic mass is 10.2. The van der Waals surface area contributed by atoms with E-state index in [0.29, 0.717) is 5.25 Å². The third-order valence-corrected chi connectivity index (χ3v) is 5.25. The Morgan fingerprint density at radius 3 is 2.82 bits per heavy atom. The van der Waals surface area contributed by atoms with Crippen LogP contribution in [0.25, 0.3) is 15.5 Å². The largest absolute Gasteiger partial charge is 0.378 e. The number of anilines is 1. The lowest BCUT2D eigenvalue weighted by molar-refractivity contribution is 0.885. The van der Waals surface area contributed by atoms with Crippen LogP contribution in [-0.2, 0) is 5.75 Å². The van der Waals surface area contributed by atoms with Crippen molar-refractivity contribution in [3.63, 3.8) is 0 Å². The Balaban J connectivity index is 1.93. The number of nitrogens with zero attached hydrogens (tertiary/aromatic N) is 5. The molecule has 7 heteroatoms. The Morgan fingerprint density at radius 2 is 2.09 bits per heavy atom. The molecule has 0 bridgehead atoms. The van der Waals surface area contributed by atoms with Crippen molar-refractivity contribution in [3.8, 4) is 10.6 Å². The molecule has 5 nitrogen and oxygen atoms in total. The van der Waals surface area contributed by atoms with Gasteiger partial charge in [0, 0.05) is 25.3 Å². The fourth-order valence-corrected chi connectivity index (χ4v) is 3.54. The van der Waals surface area contributed by atoms with Gasteiger partial charge in [-0.25, -0.2) is 0 Å². The summed E-state index contributed by atoms with van der Waals surface area (Å²) >= 11 is 3.43. The number of rotatable bonds is 5. The molecule has 0 N–H and O–H groups in total. The van der Waals surface area contributed by atoms with Gasteiger partial charge in [0.15, 0.2) is 5.82 Å². The fraction of sp³-hybridized carbons (Fsp3) is 0.400. The Hall–Kier alpha value is -1.60. The average molecular weight is 333 g/mol. The molecule has 0 spiro atoms. The van der Waals surface area contributed by atoms with Crippen molar-refractivity contribution < 1.29 is 0 Å². The highest BCUT2D eigenvalue weighted by Crippen LogP contribution is 2.28. The van der Waals surface area contributed by atoms with Crippen LogP contribution in [0.3, 0.4) is 0 Å². The van der Waals surface area contributed by atoms with Crippen molar-refractivity contribution in [2.45, 2.75) is 24.9 Å². The van der Waals surface area contributed by atoms with E-state index in [1.54, 1.807) is 11.3 Å². The molecule has 3 rings (SSSR count). The van der Waals surface area contributed by atoms with Crippen molar-refractivity contribution in [3.05, 3.63) is 30.1 Å². The molecule has 0 fully saturated rings. The predicted molar refractivity (Wildman–Crippen MR) is 94.9 cm³/mol. The maximum Gasteiger partial charge on any atom is 0.235 e. The molecular formula is C15H19N5S2. The van der Waals surface area contributed by atoms with Crippen LogP contribution >= 0.6 is 23.1 Å². The predicted octanol–water partition coefficient (Wildman–Crippen LogP) is 3.56. The number of thioether (sulfide) groups is 1. The van der Waals surface area contributed by atoms with Crippen LogP contribution < -0.4 is 4.90 Å². The summed E-state index contributed by atoms with van der Waals surface area (Å²) in [6.07, 6.45) is 0. The van der Waals surface area contributed by atoms with Gasteiger partial charge in [-0.05, 0) is 17.4 Å². The first-order valence-electron chi connectivity index (χ1n) is 7.15. The number of hydrogen-bond acceptors (Lipinski definition) is 6. The summed E-state index contributed by atoms with van der Waals surface area (Å²) in [4.78, 5) is 2.94. The Labute approximate surface area is 138 Å². The van der Waals surface area contributed by atoms with Crippen LogP contribution in [0, 0.1) is 0 Å². The highest BCUT2D eigenvalue weighted by molar-refractivity contribution is 7.99. The summed E-state index contributed by atoms with van der Waals surface area (Å²) in [7, 11) is 4.08. The third kappa shape index (κ3) is 3.10. The van der Waals surface area contributed by atoms with Gasteiger partial charge in [0.05, 0.1) is 5.75 Å². The first-order valence-corrected chi connectivity index (χ1v) is 9.01. The molecule has 0 radical (unpaired) electrons. The van der Waals surface area contributed by atoms with Crippen LogP contribution in [0.2, 0.25) is 0 Å². The lowest BCUT2D eigenvalue weighted by Crippen LogP contribution is -2.08. The smallest absolute Gasteiger partial charge is 0.235 e. The van der Waals surface area contributed by atoms with E-state index in [-0.39, 0.29) is 0 Å². The molecule has 116 valence electrons. The molecule has 0 unspecified atom stereocenters. The van der Waals surface area contributed by atoms with Gasteiger partial charge in [-0.1, -0.05) is 37.3 Å². The summed E-state index contributed by atoms with van der Waals surface area (Å²) in [6, 6.07) is 8.38. The topological polar surface area (TPSA) is 46.3 Å².